The predicted molar refractivity (Wildman–Crippen MR) is 62.7 cm³/mol. The number of rotatable bonds is 2. The van der Waals surface area contributed by atoms with E-state index >= 15 is 0 Å². The summed E-state index contributed by atoms with van der Waals surface area (Å²) in [6.45, 7) is 12.7. The van der Waals surface area contributed by atoms with Crippen molar-refractivity contribution < 1.29 is 10.1 Å². The van der Waals surface area contributed by atoms with Gasteiger partial charge in [-0.05, 0) is 49.5 Å². The molecule has 2 heteroatoms. The molecule has 0 spiro atoms. The van der Waals surface area contributed by atoms with Crippen LogP contribution in [0.1, 0.15) is 53.4 Å². The Bertz CT molecular complexity index is 229. The highest BCUT2D eigenvalue weighted by Gasteiger charge is 2.40. The van der Waals surface area contributed by atoms with Gasteiger partial charge in [-0.2, -0.15) is 0 Å². The minimum Gasteiger partial charge on any atom is -0.251 e. The van der Waals surface area contributed by atoms with Gasteiger partial charge in [-0.25, -0.2) is 4.89 Å². The van der Waals surface area contributed by atoms with Crippen LogP contribution in [0, 0.1) is 11.3 Å². The van der Waals surface area contributed by atoms with Crippen LogP contribution in [0.5, 0.6) is 0 Å². The van der Waals surface area contributed by atoms with Gasteiger partial charge in [-0.3, -0.25) is 5.26 Å². The maximum absolute atomic E-state index is 9.04. The summed E-state index contributed by atoms with van der Waals surface area (Å²) >= 11 is 0. The summed E-state index contributed by atoms with van der Waals surface area (Å²) in [4.78, 5) is 4.70. The topological polar surface area (TPSA) is 29.5 Å². The lowest BCUT2D eigenvalue weighted by Crippen LogP contribution is -2.39. The monoisotopic (exact) mass is 212 g/mol. The Morgan fingerprint density at radius 1 is 1.33 bits per heavy atom. The van der Waals surface area contributed by atoms with Gasteiger partial charge in [0.25, 0.3) is 0 Å². The molecule has 0 bridgehead atoms. The van der Waals surface area contributed by atoms with Gasteiger partial charge in [0, 0.05) is 0 Å². The quantitative estimate of drug-likeness (QED) is 0.425. The maximum Gasteiger partial charge on any atom is 0.124 e. The molecule has 0 atom stereocenters. The van der Waals surface area contributed by atoms with Crippen LogP contribution in [0.15, 0.2) is 12.2 Å². The van der Waals surface area contributed by atoms with Gasteiger partial charge in [0.05, 0.1) is 0 Å². The highest BCUT2D eigenvalue weighted by molar-refractivity contribution is 5.12. The predicted octanol–water partition coefficient (Wildman–Crippen LogP) is 4.03. The fourth-order valence-electron chi connectivity index (χ4n) is 2.55. The van der Waals surface area contributed by atoms with E-state index in [0.29, 0.717) is 5.41 Å². The Morgan fingerprint density at radius 2 is 1.80 bits per heavy atom. The Kier molecular flexibility index (Phi) is 3.62. The van der Waals surface area contributed by atoms with Gasteiger partial charge >= 0.3 is 0 Å². The van der Waals surface area contributed by atoms with Crippen LogP contribution in [0.3, 0.4) is 0 Å². The molecule has 0 amide bonds. The molecule has 2 nitrogen and oxygen atoms in total. The summed E-state index contributed by atoms with van der Waals surface area (Å²) in [7, 11) is 0. The maximum atomic E-state index is 9.04. The lowest BCUT2D eigenvalue weighted by atomic mass is 9.67. The smallest absolute Gasteiger partial charge is 0.124 e. The SMILES string of the molecule is C=C(C)C1(OO)CCC(C(C)(C)C)CC1. The average Bonchev–Trinajstić information content (AvgIpc) is 2.16. The van der Waals surface area contributed by atoms with Crippen LogP contribution in [-0.4, -0.2) is 10.9 Å². The minimum absolute atomic E-state index is 0.358. The van der Waals surface area contributed by atoms with E-state index in [1.165, 1.54) is 0 Å². The summed E-state index contributed by atoms with van der Waals surface area (Å²) in [5, 5.41) is 9.04. The van der Waals surface area contributed by atoms with E-state index in [1.54, 1.807) is 0 Å². The fourth-order valence-corrected chi connectivity index (χ4v) is 2.55. The summed E-state index contributed by atoms with van der Waals surface area (Å²) in [6.07, 6.45) is 4.00. The lowest BCUT2D eigenvalue weighted by Gasteiger charge is -2.42. The molecule has 0 aromatic carbocycles. The van der Waals surface area contributed by atoms with Crippen molar-refractivity contribution in [3.63, 3.8) is 0 Å². The molecule has 1 N–H and O–H groups in total. The van der Waals surface area contributed by atoms with E-state index in [2.05, 4.69) is 27.4 Å². The fraction of sp³-hybridized carbons (Fsp3) is 0.846. The molecule has 0 unspecified atom stereocenters. The molecule has 1 rings (SSSR count). The first-order valence-electron chi connectivity index (χ1n) is 5.80. The molecule has 15 heavy (non-hydrogen) atoms. The van der Waals surface area contributed by atoms with Crippen molar-refractivity contribution in [1.29, 1.82) is 0 Å². The molecule has 1 saturated carbocycles. The highest BCUT2D eigenvalue weighted by Crippen LogP contribution is 2.44. The van der Waals surface area contributed by atoms with Crippen molar-refractivity contribution >= 4 is 0 Å². The van der Waals surface area contributed by atoms with Crippen LogP contribution >= 0.6 is 0 Å². The molecule has 88 valence electrons. The molecular weight excluding hydrogens is 188 g/mol. The Balaban J connectivity index is 2.65. The molecule has 0 aliphatic heterocycles. The third-order valence-corrected chi connectivity index (χ3v) is 3.97. The summed E-state index contributed by atoms with van der Waals surface area (Å²) < 4.78 is 0. The molecule has 0 aromatic rings. The normalized spacial score (nSPS) is 32.7. The molecule has 1 fully saturated rings. The van der Waals surface area contributed by atoms with Gasteiger partial charge in [0.2, 0.25) is 0 Å². The summed E-state index contributed by atoms with van der Waals surface area (Å²) in [6, 6.07) is 0. The van der Waals surface area contributed by atoms with Crippen molar-refractivity contribution in [2.24, 2.45) is 11.3 Å². The molecule has 0 heterocycles. The molecule has 0 radical (unpaired) electrons. The van der Waals surface area contributed by atoms with Crippen molar-refractivity contribution in [3.05, 3.63) is 12.2 Å². The second kappa shape index (κ2) is 4.26. The van der Waals surface area contributed by atoms with E-state index in [4.69, 9.17) is 10.1 Å². The van der Waals surface area contributed by atoms with Gasteiger partial charge in [-0.1, -0.05) is 27.4 Å². The third-order valence-electron chi connectivity index (χ3n) is 3.97. The van der Waals surface area contributed by atoms with Crippen LogP contribution in [-0.2, 0) is 4.89 Å². The largest absolute Gasteiger partial charge is 0.251 e. The molecule has 1 aliphatic rings. The molecular formula is C13H24O2. The Hall–Kier alpha value is -0.340. The van der Waals surface area contributed by atoms with Crippen molar-refractivity contribution in [2.75, 3.05) is 0 Å². The van der Waals surface area contributed by atoms with E-state index in [0.717, 1.165) is 37.2 Å². The first-order chi connectivity index (χ1) is 6.82. The van der Waals surface area contributed by atoms with E-state index in [1.807, 2.05) is 6.92 Å². The molecule has 0 aromatic heterocycles. The zero-order valence-corrected chi connectivity index (χ0v) is 10.5. The Morgan fingerprint density at radius 3 is 2.07 bits per heavy atom. The van der Waals surface area contributed by atoms with Crippen LogP contribution in [0.25, 0.3) is 0 Å². The number of hydrogen-bond acceptors (Lipinski definition) is 2. The van der Waals surface area contributed by atoms with Gasteiger partial charge in [0.1, 0.15) is 5.60 Å². The van der Waals surface area contributed by atoms with E-state index in [9.17, 15) is 0 Å². The van der Waals surface area contributed by atoms with Gasteiger partial charge < -0.3 is 0 Å². The molecule has 1 aliphatic carbocycles. The zero-order valence-electron chi connectivity index (χ0n) is 10.5. The van der Waals surface area contributed by atoms with Crippen LogP contribution < -0.4 is 0 Å². The Labute approximate surface area is 93.3 Å². The van der Waals surface area contributed by atoms with Crippen molar-refractivity contribution in [2.45, 2.75) is 59.0 Å². The van der Waals surface area contributed by atoms with E-state index in [-0.39, 0.29) is 0 Å². The standard InChI is InChI=1S/C13H24O2/c1-10(2)13(15-14)8-6-11(7-9-13)12(3,4)5/h11,14H,1,6-9H2,2-5H3. The lowest BCUT2D eigenvalue weighted by molar-refractivity contribution is -0.320. The second-order valence-electron chi connectivity index (χ2n) is 6.01. The summed E-state index contributed by atoms with van der Waals surface area (Å²) in [5.74, 6) is 0.722. The van der Waals surface area contributed by atoms with Crippen LogP contribution in [0.2, 0.25) is 0 Å². The first kappa shape index (κ1) is 12.7. The first-order valence-corrected chi connectivity index (χ1v) is 5.80. The second-order valence-corrected chi connectivity index (χ2v) is 6.01. The van der Waals surface area contributed by atoms with E-state index < -0.39 is 5.60 Å². The van der Waals surface area contributed by atoms with Crippen molar-refractivity contribution in [1.82, 2.24) is 0 Å². The van der Waals surface area contributed by atoms with Gasteiger partial charge in [0.15, 0.2) is 0 Å². The summed E-state index contributed by atoms with van der Waals surface area (Å²) in [5.41, 5.74) is 0.829. The third kappa shape index (κ3) is 2.61. The van der Waals surface area contributed by atoms with Gasteiger partial charge in [-0.15, -0.1) is 0 Å². The number of hydrogen-bond donors (Lipinski definition) is 1. The zero-order chi connectivity index (χ0) is 11.7. The highest BCUT2D eigenvalue weighted by atomic mass is 17.1. The average molecular weight is 212 g/mol. The molecule has 0 saturated heterocycles. The van der Waals surface area contributed by atoms with Crippen LogP contribution in [0.4, 0.5) is 0 Å². The minimum atomic E-state index is -0.470. The van der Waals surface area contributed by atoms with Crippen molar-refractivity contribution in [3.8, 4) is 0 Å².